The second kappa shape index (κ2) is 4.15. The minimum absolute atomic E-state index is 0.487. The standard InChI is InChI=1S/C2H2Br3.Sn.3H/c3-1-2(4)5;;;;/h1-2H;;;;. The summed E-state index contributed by atoms with van der Waals surface area (Å²) in [7, 11) is 0. The van der Waals surface area contributed by atoms with E-state index in [2.05, 4.69) is 47.8 Å². The van der Waals surface area contributed by atoms with Gasteiger partial charge in [0.05, 0.1) is 0 Å². The van der Waals surface area contributed by atoms with Crippen molar-refractivity contribution in [2.24, 2.45) is 0 Å². The summed E-state index contributed by atoms with van der Waals surface area (Å²) < 4.78 is 1.19. The Bertz CT molecular complexity index is 29.8. The zero-order chi connectivity index (χ0) is 5.15. The molecule has 0 aliphatic carbocycles. The Morgan fingerprint density at radius 1 is 1.17 bits per heavy atom. The molecule has 0 aliphatic heterocycles. The number of alkyl halides is 3. The molecule has 0 amide bonds. The van der Waals surface area contributed by atoms with Gasteiger partial charge in [0.2, 0.25) is 0 Å². The van der Waals surface area contributed by atoms with Crippen molar-refractivity contribution >= 4 is 70.3 Å². The zero-order valence-corrected chi connectivity index (χ0v) is 13.8. The maximum absolute atomic E-state index is 3.44. The van der Waals surface area contributed by atoms with Gasteiger partial charge in [-0.25, -0.2) is 0 Å². The number of hydrogen-bond donors (Lipinski definition) is 0. The molecule has 1 unspecified atom stereocenters. The van der Waals surface area contributed by atoms with Crippen molar-refractivity contribution in [1.82, 2.24) is 0 Å². The van der Waals surface area contributed by atoms with Crippen LogP contribution >= 0.6 is 47.8 Å². The third-order valence-electron chi connectivity index (χ3n) is 0.347. The van der Waals surface area contributed by atoms with Crippen LogP contribution in [0.4, 0.5) is 0 Å². The summed E-state index contributed by atoms with van der Waals surface area (Å²) in [6.07, 6.45) is 0. The van der Waals surface area contributed by atoms with E-state index in [-0.39, 0.29) is 0 Å². The van der Waals surface area contributed by atoms with Crippen LogP contribution in [0.2, 0.25) is 0 Å². The SMILES string of the molecule is BrC(Br)[CH](Br)[SnH3]. The van der Waals surface area contributed by atoms with Crippen LogP contribution in [0, 0.1) is 0 Å². The summed E-state index contributed by atoms with van der Waals surface area (Å²) in [5, 5.41) is 0. The molecule has 0 aromatic carbocycles. The van der Waals surface area contributed by atoms with Gasteiger partial charge in [0.15, 0.2) is 0 Å². The van der Waals surface area contributed by atoms with Crippen LogP contribution in [-0.2, 0) is 0 Å². The fourth-order valence-corrected chi connectivity index (χ4v) is 0. The quantitative estimate of drug-likeness (QED) is 0.468. The van der Waals surface area contributed by atoms with E-state index in [4.69, 9.17) is 0 Å². The Balaban J connectivity index is 2.99. The third-order valence-corrected chi connectivity index (χ3v) is 11.4. The normalized spacial score (nSPS) is 16.0. The predicted molar refractivity (Wildman–Crippen MR) is 44.3 cm³/mol. The molecular formula is C2H5Br3Sn. The zero-order valence-electron chi connectivity index (χ0n) is 3.29. The van der Waals surface area contributed by atoms with Gasteiger partial charge < -0.3 is 0 Å². The van der Waals surface area contributed by atoms with Crippen molar-refractivity contribution in [2.45, 2.75) is 6.58 Å². The monoisotopic (exact) mass is 386 g/mol. The Labute approximate surface area is 75.9 Å². The second-order valence-electron chi connectivity index (χ2n) is 1.01. The number of halogens is 3. The Morgan fingerprint density at radius 2 is 1.33 bits per heavy atom. The average Bonchev–Trinajstić information content (AvgIpc) is 1.36. The van der Waals surface area contributed by atoms with Crippen LogP contribution in [0.25, 0.3) is 0 Å². The van der Waals surface area contributed by atoms with E-state index < -0.39 is 0 Å². The van der Waals surface area contributed by atoms with Gasteiger partial charge in [0.25, 0.3) is 0 Å². The molecule has 0 aromatic rings. The van der Waals surface area contributed by atoms with Gasteiger partial charge in [0, 0.05) is 0 Å². The fourth-order valence-electron chi connectivity index (χ4n) is 0. The van der Waals surface area contributed by atoms with E-state index in [0.29, 0.717) is 6.58 Å². The molecule has 0 radical (unpaired) electrons. The van der Waals surface area contributed by atoms with Crippen molar-refractivity contribution in [2.75, 3.05) is 0 Å². The third kappa shape index (κ3) is 4.40. The molecule has 0 spiro atoms. The predicted octanol–water partition coefficient (Wildman–Crippen LogP) is 1.19. The summed E-state index contributed by atoms with van der Waals surface area (Å²) in [5.74, 6) is 0. The topological polar surface area (TPSA) is 0 Å². The molecule has 4 heteroatoms. The van der Waals surface area contributed by atoms with Crippen molar-refractivity contribution in [3.05, 3.63) is 0 Å². The first-order valence-electron chi connectivity index (χ1n) is 1.57. The molecule has 0 saturated heterocycles. The van der Waals surface area contributed by atoms with E-state index in [1.165, 1.54) is 0 Å². The Kier molecular flexibility index (Phi) is 5.70. The fraction of sp³-hybridized carbons (Fsp3) is 1.00. The average molecular weight is 387 g/mol. The summed E-state index contributed by atoms with van der Waals surface area (Å²) >= 11 is 10.9. The van der Waals surface area contributed by atoms with Crippen molar-refractivity contribution in [1.29, 1.82) is 0 Å². The molecule has 0 saturated carbocycles. The number of hydrogen-bond acceptors (Lipinski definition) is 0. The van der Waals surface area contributed by atoms with Gasteiger partial charge in [0.1, 0.15) is 0 Å². The van der Waals surface area contributed by atoms with Gasteiger partial charge >= 0.3 is 76.9 Å². The van der Waals surface area contributed by atoms with E-state index in [9.17, 15) is 0 Å². The maximum atomic E-state index is 3.44. The molecule has 1 atom stereocenters. The summed E-state index contributed by atoms with van der Waals surface area (Å²) in [5.41, 5.74) is 0. The molecule has 0 N–H and O–H groups in total. The molecule has 0 nitrogen and oxygen atoms in total. The van der Waals surface area contributed by atoms with Crippen LogP contribution in [0.3, 0.4) is 0 Å². The van der Waals surface area contributed by atoms with Gasteiger partial charge in [-0.1, -0.05) is 0 Å². The molecule has 0 aromatic heterocycles. The van der Waals surface area contributed by atoms with Crippen LogP contribution in [0.1, 0.15) is 0 Å². The molecular weight excluding hydrogens is 382 g/mol. The van der Waals surface area contributed by atoms with Crippen molar-refractivity contribution < 1.29 is 0 Å². The first-order chi connectivity index (χ1) is 2.64. The van der Waals surface area contributed by atoms with Gasteiger partial charge in [-0.2, -0.15) is 0 Å². The number of rotatable bonds is 1. The van der Waals surface area contributed by atoms with Crippen LogP contribution < -0.4 is 0 Å². The molecule has 0 heterocycles. The van der Waals surface area contributed by atoms with E-state index >= 15 is 0 Å². The van der Waals surface area contributed by atoms with E-state index in [0.717, 1.165) is 22.5 Å². The van der Waals surface area contributed by atoms with Crippen LogP contribution in [0.15, 0.2) is 0 Å². The molecule has 0 aliphatic rings. The van der Waals surface area contributed by atoms with Crippen molar-refractivity contribution in [3.8, 4) is 0 Å². The van der Waals surface area contributed by atoms with Gasteiger partial charge in [-0.05, 0) is 0 Å². The molecule has 0 bridgehead atoms. The second-order valence-corrected chi connectivity index (χ2v) is 14.0. The molecule has 0 rings (SSSR count). The molecule has 0 fully saturated rings. The first-order valence-corrected chi connectivity index (χ1v) is 7.61. The minimum atomic E-state index is 0.487. The van der Waals surface area contributed by atoms with Gasteiger partial charge in [-0.3, -0.25) is 0 Å². The first kappa shape index (κ1) is 8.24. The van der Waals surface area contributed by atoms with E-state index in [1.807, 2.05) is 0 Å². The summed E-state index contributed by atoms with van der Waals surface area (Å²) in [6, 6.07) is 0. The van der Waals surface area contributed by atoms with Crippen LogP contribution in [0.5, 0.6) is 0 Å². The Morgan fingerprint density at radius 3 is 1.33 bits per heavy atom. The van der Waals surface area contributed by atoms with Crippen LogP contribution in [-0.4, -0.2) is 29.1 Å². The van der Waals surface area contributed by atoms with E-state index in [1.54, 1.807) is 0 Å². The summed E-state index contributed by atoms with van der Waals surface area (Å²) in [4.78, 5) is 0. The summed E-state index contributed by atoms with van der Waals surface area (Å²) in [6.45, 7) is 0. The van der Waals surface area contributed by atoms with Crippen molar-refractivity contribution in [3.63, 3.8) is 0 Å². The molecule has 6 heavy (non-hydrogen) atoms. The molecule has 38 valence electrons. The van der Waals surface area contributed by atoms with Gasteiger partial charge in [-0.15, -0.1) is 0 Å². The Hall–Kier alpha value is 2.24.